The van der Waals surface area contributed by atoms with E-state index in [1.165, 1.54) is 6.20 Å². The van der Waals surface area contributed by atoms with Crippen molar-refractivity contribution in [2.75, 3.05) is 32.9 Å². The Kier molecular flexibility index (Phi) is 5.06. The summed E-state index contributed by atoms with van der Waals surface area (Å²) in [7, 11) is 0. The minimum Gasteiger partial charge on any atom is -0.465 e. The van der Waals surface area contributed by atoms with Gasteiger partial charge >= 0.3 is 5.97 Å². The first-order valence-corrected chi connectivity index (χ1v) is 6.67. The first-order valence-electron chi connectivity index (χ1n) is 6.67. The van der Waals surface area contributed by atoms with E-state index in [1.54, 1.807) is 30.2 Å². The van der Waals surface area contributed by atoms with E-state index in [9.17, 15) is 9.59 Å². The van der Waals surface area contributed by atoms with Crippen LogP contribution in [0.4, 0.5) is 0 Å². The third-order valence-corrected chi connectivity index (χ3v) is 3.11. The number of esters is 1. The van der Waals surface area contributed by atoms with Crippen molar-refractivity contribution in [1.82, 2.24) is 9.88 Å². The molecule has 1 aliphatic rings. The SMILES string of the molecule is CCOC(=O)C(C(=O)N1CCOCC1)c1cccnc1. The molecule has 0 saturated carbocycles. The molecule has 1 aliphatic heterocycles. The molecule has 108 valence electrons. The Hall–Kier alpha value is -1.95. The van der Waals surface area contributed by atoms with Crippen LogP contribution in [-0.2, 0) is 19.1 Å². The van der Waals surface area contributed by atoms with Gasteiger partial charge in [-0.1, -0.05) is 6.07 Å². The lowest BCUT2D eigenvalue weighted by Crippen LogP contribution is -2.45. The fourth-order valence-electron chi connectivity index (χ4n) is 2.12. The number of hydrogen-bond acceptors (Lipinski definition) is 5. The van der Waals surface area contributed by atoms with Gasteiger partial charge < -0.3 is 14.4 Å². The second kappa shape index (κ2) is 7.00. The van der Waals surface area contributed by atoms with Crippen LogP contribution in [0.5, 0.6) is 0 Å². The van der Waals surface area contributed by atoms with Crippen molar-refractivity contribution in [2.24, 2.45) is 0 Å². The molecule has 20 heavy (non-hydrogen) atoms. The maximum absolute atomic E-state index is 12.6. The van der Waals surface area contributed by atoms with Gasteiger partial charge in [-0.15, -0.1) is 0 Å². The van der Waals surface area contributed by atoms with Gasteiger partial charge in [0.2, 0.25) is 5.91 Å². The zero-order valence-corrected chi connectivity index (χ0v) is 11.4. The standard InChI is InChI=1S/C14H18N2O4/c1-2-20-14(18)12(11-4-3-5-15-10-11)13(17)16-6-8-19-9-7-16/h3-5,10,12H,2,6-9H2,1H3. The van der Waals surface area contributed by atoms with Crippen molar-refractivity contribution >= 4 is 11.9 Å². The first kappa shape index (κ1) is 14.5. The van der Waals surface area contributed by atoms with Gasteiger partial charge in [-0.2, -0.15) is 0 Å². The molecule has 6 heteroatoms. The first-order chi connectivity index (χ1) is 9.74. The predicted molar refractivity (Wildman–Crippen MR) is 71.0 cm³/mol. The molecule has 1 fully saturated rings. The molecule has 2 rings (SSSR count). The van der Waals surface area contributed by atoms with Crippen molar-refractivity contribution in [1.29, 1.82) is 0 Å². The lowest BCUT2D eigenvalue weighted by atomic mass is 9.99. The molecule has 1 aromatic heterocycles. The number of rotatable bonds is 4. The molecule has 0 aromatic carbocycles. The number of morpholine rings is 1. The highest BCUT2D eigenvalue weighted by molar-refractivity contribution is 6.03. The number of hydrogen-bond donors (Lipinski definition) is 0. The van der Waals surface area contributed by atoms with Gasteiger partial charge in [0.05, 0.1) is 19.8 Å². The highest BCUT2D eigenvalue weighted by Gasteiger charge is 2.34. The molecule has 1 unspecified atom stereocenters. The van der Waals surface area contributed by atoms with Crippen LogP contribution in [0.25, 0.3) is 0 Å². The highest BCUT2D eigenvalue weighted by atomic mass is 16.5. The van der Waals surface area contributed by atoms with Crippen molar-refractivity contribution < 1.29 is 19.1 Å². The normalized spacial score (nSPS) is 16.6. The summed E-state index contributed by atoms with van der Waals surface area (Å²) in [4.78, 5) is 30.3. The number of carbonyl (C=O) groups is 2. The van der Waals surface area contributed by atoms with Gasteiger partial charge in [-0.05, 0) is 18.6 Å². The average Bonchev–Trinajstić information content (AvgIpc) is 2.50. The minimum atomic E-state index is -0.943. The van der Waals surface area contributed by atoms with Crippen molar-refractivity contribution in [3.05, 3.63) is 30.1 Å². The molecular formula is C14H18N2O4. The predicted octanol–water partition coefficient (Wildman–Crippen LogP) is 0.587. The Morgan fingerprint density at radius 1 is 1.45 bits per heavy atom. The van der Waals surface area contributed by atoms with Gasteiger partial charge in [-0.25, -0.2) is 0 Å². The lowest BCUT2D eigenvalue weighted by Gasteiger charge is -2.29. The van der Waals surface area contributed by atoms with Crippen molar-refractivity contribution in [3.63, 3.8) is 0 Å². The summed E-state index contributed by atoms with van der Waals surface area (Å²) < 4.78 is 10.2. The molecule has 0 bridgehead atoms. The van der Waals surface area contributed by atoms with E-state index in [4.69, 9.17) is 9.47 Å². The summed E-state index contributed by atoms with van der Waals surface area (Å²) in [5, 5.41) is 0. The molecule has 0 aliphatic carbocycles. The molecule has 2 heterocycles. The number of carbonyl (C=O) groups excluding carboxylic acids is 2. The summed E-state index contributed by atoms with van der Waals surface area (Å²) >= 11 is 0. The molecule has 6 nitrogen and oxygen atoms in total. The van der Waals surface area contributed by atoms with E-state index in [-0.39, 0.29) is 12.5 Å². The highest BCUT2D eigenvalue weighted by Crippen LogP contribution is 2.20. The number of aromatic nitrogens is 1. The maximum Gasteiger partial charge on any atom is 0.323 e. The number of nitrogens with zero attached hydrogens (tertiary/aromatic N) is 2. The molecule has 0 N–H and O–H groups in total. The van der Waals surface area contributed by atoms with E-state index >= 15 is 0 Å². The van der Waals surface area contributed by atoms with Crippen LogP contribution in [0.1, 0.15) is 18.4 Å². The smallest absolute Gasteiger partial charge is 0.323 e. The van der Waals surface area contributed by atoms with Crippen LogP contribution in [0.15, 0.2) is 24.5 Å². The van der Waals surface area contributed by atoms with Crippen molar-refractivity contribution in [3.8, 4) is 0 Å². The van der Waals surface area contributed by atoms with Crippen LogP contribution in [0, 0.1) is 0 Å². The summed E-state index contributed by atoms with van der Waals surface area (Å²) in [6.07, 6.45) is 3.13. The molecule has 1 aromatic rings. The van der Waals surface area contributed by atoms with Crippen LogP contribution in [0.2, 0.25) is 0 Å². The molecule has 1 atom stereocenters. The fraction of sp³-hybridized carbons (Fsp3) is 0.500. The Morgan fingerprint density at radius 2 is 2.20 bits per heavy atom. The second-order valence-electron chi connectivity index (χ2n) is 4.41. The summed E-state index contributed by atoms with van der Waals surface area (Å²) in [5.74, 6) is -1.72. The fourth-order valence-corrected chi connectivity index (χ4v) is 2.12. The van der Waals surface area contributed by atoms with E-state index in [1.807, 2.05) is 0 Å². The molecule has 0 radical (unpaired) electrons. The monoisotopic (exact) mass is 278 g/mol. The number of pyridine rings is 1. The van der Waals surface area contributed by atoms with Crippen LogP contribution in [-0.4, -0.2) is 54.7 Å². The zero-order chi connectivity index (χ0) is 14.4. The van der Waals surface area contributed by atoms with Crippen LogP contribution >= 0.6 is 0 Å². The van der Waals surface area contributed by atoms with E-state index < -0.39 is 11.9 Å². The van der Waals surface area contributed by atoms with E-state index in [0.29, 0.717) is 31.9 Å². The number of amides is 1. The number of ether oxygens (including phenoxy) is 2. The average molecular weight is 278 g/mol. The van der Waals surface area contributed by atoms with Gasteiger partial charge in [0.1, 0.15) is 0 Å². The largest absolute Gasteiger partial charge is 0.465 e. The quantitative estimate of drug-likeness (QED) is 0.595. The summed E-state index contributed by atoms with van der Waals surface area (Å²) in [6.45, 7) is 3.94. The molecule has 0 spiro atoms. The summed E-state index contributed by atoms with van der Waals surface area (Å²) in [5.41, 5.74) is 0.558. The minimum absolute atomic E-state index is 0.242. The third-order valence-electron chi connectivity index (χ3n) is 3.11. The van der Waals surface area contributed by atoms with Crippen LogP contribution < -0.4 is 0 Å². The van der Waals surface area contributed by atoms with E-state index in [2.05, 4.69) is 4.98 Å². The van der Waals surface area contributed by atoms with Crippen LogP contribution in [0.3, 0.4) is 0 Å². The second-order valence-corrected chi connectivity index (χ2v) is 4.41. The molecule has 1 saturated heterocycles. The topological polar surface area (TPSA) is 68.7 Å². The zero-order valence-electron chi connectivity index (χ0n) is 11.4. The molecular weight excluding hydrogens is 260 g/mol. The summed E-state index contributed by atoms with van der Waals surface area (Å²) in [6, 6.07) is 3.42. The van der Waals surface area contributed by atoms with Gasteiger partial charge in [0.15, 0.2) is 5.92 Å². The van der Waals surface area contributed by atoms with Crippen molar-refractivity contribution in [2.45, 2.75) is 12.8 Å². The van der Waals surface area contributed by atoms with E-state index in [0.717, 1.165) is 0 Å². The Bertz CT molecular complexity index is 458. The van der Waals surface area contributed by atoms with Gasteiger partial charge in [0, 0.05) is 25.5 Å². The third kappa shape index (κ3) is 3.33. The molecule has 1 amide bonds. The lowest BCUT2D eigenvalue weighted by molar-refractivity contribution is -0.152. The Labute approximate surface area is 117 Å². The maximum atomic E-state index is 12.6. The Balaban J connectivity index is 2.21. The van der Waals surface area contributed by atoms with Gasteiger partial charge in [0.25, 0.3) is 0 Å². The van der Waals surface area contributed by atoms with Gasteiger partial charge in [-0.3, -0.25) is 14.6 Å². The Morgan fingerprint density at radius 3 is 2.80 bits per heavy atom.